The van der Waals surface area contributed by atoms with Gasteiger partial charge in [0.15, 0.2) is 0 Å². The van der Waals surface area contributed by atoms with Crippen molar-refractivity contribution >= 4 is 16.7 Å². The first-order chi connectivity index (χ1) is 8.15. The number of halogens is 1. The summed E-state index contributed by atoms with van der Waals surface area (Å²) < 4.78 is 24.6. The molecule has 0 bridgehead atoms. The standard InChI is InChI=1S/C12H14FNO2S/c13-10-2-1-3-11(6-10)17(16)8-12(15)14-7-9-4-5-9/h1-3,6,9H,4-5,7-8H2,(H,14,15). The van der Waals surface area contributed by atoms with E-state index in [2.05, 4.69) is 5.32 Å². The number of hydrogen-bond donors (Lipinski definition) is 1. The summed E-state index contributed by atoms with van der Waals surface area (Å²) in [7, 11) is -1.47. The van der Waals surface area contributed by atoms with Crippen LogP contribution in [-0.4, -0.2) is 22.4 Å². The lowest BCUT2D eigenvalue weighted by molar-refractivity contribution is -0.118. The summed E-state index contributed by atoms with van der Waals surface area (Å²) >= 11 is 0. The van der Waals surface area contributed by atoms with Crippen LogP contribution < -0.4 is 5.32 Å². The molecule has 17 heavy (non-hydrogen) atoms. The van der Waals surface area contributed by atoms with E-state index >= 15 is 0 Å². The van der Waals surface area contributed by atoms with Crippen LogP contribution in [0.3, 0.4) is 0 Å². The molecule has 0 aromatic heterocycles. The van der Waals surface area contributed by atoms with Crippen LogP contribution in [-0.2, 0) is 15.6 Å². The van der Waals surface area contributed by atoms with Gasteiger partial charge in [-0.05, 0) is 37.0 Å². The number of amides is 1. The molecular formula is C12H14FNO2S. The molecule has 1 aromatic carbocycles. The van der Waals surface area contributed by atoms with Crippen LogP contribution in [0.15, 0.2) is 29.2 Å². The molecule has 1 saturated carbocycles. The van der Waals surface area contributed by atoms with E-state index in [0.717, 1.165) is 12.8 Å². The molecule has 0 saturated heterocycles. The van der Waals surface area contributed by atoms with Crippen molar-refractivity contribution in [1.82, 2.24) is 5.32 Å². The summed E-state index contributed by atoms with van der Waals surface area (Å²) in [6, 6.07) is 5.54. The maximum absolute atomic E-state index is 12.9. The molecule has 1 aliphatic carbocycles. The zero-order chi connectivity index (χ0) is 12.3. The maximum Gasteiger partial charge on any atom is 0.233 e. The van der Waals surface area contributed by atoms with E-state index in [1.54, 1.807) is 6.07 Å². The van der Waals surface area contributed by atoms with Crippen LogP contribution in [0.4, 0.5) is 4.39 Å². The number of carbonyl (C=O) groups excluding carboxylic acids is 1. The van der Waals surface area contributed by atoms with Crippen molar-refractivity contribution in [2.75, 3.05) is 12.3 Å². The zero-order valence-electron chi connectivity index (χ0n) is 9.32. The lowest BCUT2D eigenvalue weighted by atomic mass is 10.4. The fourth-order valence-corrected chi connectivity index (χ4v) is 2.42. The smallest absolute Gasteiger partial charge is 0.233 e. The quantitative estimate of drug-likeness (QED) is 0.865. The second kappa shape index (κ2) is 5.40. The Morgan fingerprint density at radius 2 is 2.24 bits per heavy atom. The second-order valence-corrected chi connectivity index (χ2v) is 5.65. The van der Waals surface area contributed by atoms with Crippen LogP contribution in [0.5, 0.6) is 0 Å². The average molecular weight is 255 g/mol. The molecule has 1 N–H and O–H groups in total. The van der Waals surface area contributed by atoms with E-state index in [9.17, 15) is 13.4 Å². The summed E-state index contributed by atoms with van der Waals surface area (Å²) in [6.07, 6.45) is 2.32. The molecule has 0 radical (unpaired) electrons. The van der Waals surface area contributed by atoms with Crippen molar-refractivity contribution in [3.63, 3.8) is 0 Å². The van der Waals surface area contributed by atoms with Crippen molar-refractivity contribution in [2.45, 2.75) is 17.7 Å². The lowest BCUT2D eigenvalue weighted by Gasteiger charge is -2.04. The minimum Gasteiger partial charge on any atom is -0.355 e. The van der Waals surface area contributed by atoms with E-state index in [1.165, 1.54) is 18.2 Å². The van der Waals surface area contributed by atoms with Gasteiger partial charge in [-0.25, -0.2) is 4.39 Å². The molecule has 1 fully saturated rings. The lowest BCUT2D eigenvalue weighted by Crippen LogP contribution is -2.30. The first kappa shape index (κ1) is 12.2. The Balaban J connectivity index is 1.84. The minimum absolute atomic E-state index is 0.101. The molecule has 92 valence electrons. The van der Waals surface area contributed by atoms with Gasteiger partial charge in [0.25, 0.3) is 0 Å². The highest BCUT2D eigenvalue weighted by molar-refractivity contribution is 7.85. The third-order valence-electron chi connectivity index (χ3n) is 2.61. The predicted molar refractivity (Wildman–Crippen MR) is 63.4 cm³/mol. The van der Waals surface area contributed by atoms with Gasteiger partial charge in [-0.2, -0.15) is 0 Å². The van der Waals surface area contributed by atoms with Crippen LogP contribution in [0.1, 0.15) is 12.8 Å². The summed E-state index contributed by atoms with van der Waals surface area (Å²) in [6.45, 7) is 0.666. The Morgan fingerprint density at radius 1 is 1.47 bits per heavy atom. The largest absolute Gasteiger partial charge is 0.355 e. The van der Waals surface area contributed by atoms with Gasteiger partial charge in [-0.15, -0.1) is 0 Å². The molecule has 1 unspecified atom stereocenters. The molecule has 1 aromatic rings. The topological polar surface area (TPSA) is 46.2 Å². The van der Waals surface area contributed by atoms with E-state index < -0.39 is 16.6 Å². The number of rotatable bonds is 5. The zero-order valence-corrected chi connectivity index (χ0v) is 10.1. The monoisotopic (exact) mass is 255 g/mol. The van der Waals surface area contributed by atoms with Crippen molar-refractivity contribution < 1.29 is 13.4 Å². The summed E-state index contributed by atoms with van der Waals surface area (Å²) in [5, 5.41) is 2.73. The van der Waals surface area contributed by atoms with Gasteiger partial charge < -0.3 is 5.32 Å². The molecule has 1 aliphatic rings. The molecule has 1 atom stereocenters. The molecule has 0 aliphatic heterocycles. The van der Waals surface area contributed by atoms with Crippen LogP contribution in [0.2, 0.25) is 0 Å². The molecule has 2 rings (SSSR count). The number of nitrogens with one attached hydrogen (secondary N) is 1. The Labute approximate surface area is 102 Å². The van der Waals surface area contributed by atoms with E-state index in [-0.39, 0.29) is 11.7 Å². The third kappa shape index (κ3) is 3.93. The highest BCUT2D eigenvalue weighted by Crippen LogP contribution is 2.27. The van der Waals surface area contributed by atoms with Crippen molar-refractivity contribution in [1.29, 1.82) is 0 Å². The normalized spacial score (nSPS) is 16.5. The number of benzene rings is 1. The third-order valence-corrected chi connectivity index (χ3v) is 3.91. The molecule has 1 amide bonds. The molecule has 5 heteroatoms. The van der Waals surface area contributed by atoms with E-state index in [0.29, 0.717) is 17.4 Å². The first-order valence-electron chi connectivity index (χ1n) is 5.56. The molecular weight excluding hydrogens is 241 g/mol. The predicted octanol–water partition coefficient (Wildman–Crippen LogP) is 1.46. The van der Waals surface area contributed by atoms with E-state index in [4.69, 9.17) is 0 Å². The fourth-order valence-electron chi connectivity index (χ4n) is 1.44. The van der Waals surface area contributed by atoms with Crippen molar-refractivity contribution in [3.05, 3.63) is 30.1 Å². The first-order valence-corrected chi connectivity index (χ1v) is 6.87. The van der Waals surface area contributed by atoms with Crippen LogP contribution in [0.25, 0.3) is 0 Å². The van der Waals surface area contributed by atoms with Gasteiger partial charge in [0.1, 0.15) is 11.6 Å². The fraction of sp³-hybridized carbons (Fsp3) is 0.417. The van der Waals surface area contributed by atoms with Gasteiger partial charge in [-0.1, -0.05) is 6.07 Å². The Hall–Kier alpha value is -1.23. The Kier molecular flexibility index (Phi) is 3.89. The highest BCUT2D eigenvalue weighted by Gasteiger charge is 2.22. The highest BCUT2D eigenvalue weighted by atomic mass is 32.2. The van der Waals surface area contributed by atoms with Crippen molar-refractivity contribution in [3.8, 4) is 0 Å². The van der Waals surface area contributed by atoms with Gasteiger partial charge >= 0.3 is 0 Å². The van der Waals surface area contributed by atoms with Crippen LogP contribution >= 0.6 is 0 Å². The van der Waals surface area contributed by atoms with E-state index in [1.807, 2.05) is 0 Å². The minimum atomic E-state index is -1.47. The van der Waals surface area contributed by atoms with Gasteiger partial charge in [-0.3, -0.25) is 9.00 Å². The number of hydrogen-bond acceptors (Lipinski definition) is 2. The maximum atomic E-state index is 12.9. The second-order valence-electron chi connectivity index (χ2n) is 4.19. The molecule has 0 heterocycles. The van der Waals surface area contributed by atoms with Gasteiger partial charge in [0, 0.05) is 11.4 Å². The molecule has 0 spiro atoms. The van der Waals surface area contributed by atoms with Crippen molar-refractivity contribution in [2.24, 2.45) is 5.92 Å². The summed E-state index contributed by atoms with van der Waals surface area (Å²) in [4.78, 5) is 11.8. The Bertz CT molecular complexity index is 446. The Morgan fingerprint density at radius 3 is 2.88 bits per heavy atom. The number of carbonyl (C=O) groups is 1. The summed E-state index contributed by atoms with van der Waals surface area (Å²) in [5.74, 6) is -0.175. The van der Waals surface area contributed by atoms with Gasteiger partial charge in [0.2, 0.25) is 5.91 Å². The SMILES string of the molecule is O=C(CS(=O)c1cccc(F)c1)NCC1CC1. The molecule has 3 nitrogen and oxygen atoms in total. The average Bonchev–Trinajstić information content (AvgIpc) is 3.10. The summed E-state index contributed by atoms with van der Waals surface area (Å²) in [5.41, 5.74) is 0. The van der Waals surface area contributed by atoms with Crippen LogP contribution in [0, 0.1) is 11.7 Å². The van der Waals surface area contributed by atoms with Gasteiger partial charge in [0.05, 0.1) is 10.8 Å².